The van der Waals surface area contributed by atoms with Crippen LogP contribution in [0.5, 0.6) is 0 Å². The molecule has 104 valence electrons. The highest BCUT2D eigenvalue weighted by Gasteiger charge is 2.25. The Labute approximate surface area is 124 Å². The van der Waals surface area contributed by atoms with Crippen LogP contribution in [-0.2, 0) is 13.5 Å². The Morgan fingerprint density at radius 1 is 1.37 bits per heavy atom. The standard InChI is InChI=1S/C11H17BrN6S/c1-4-6-13-8(9-11(12)15-16-18(9)3)10-7(5-2)14-17-19-10/h8,13H,4-6H2,1-3H3. The molecule has 2 aromatic heterocycles. The van der Waals surface area contributed by atoms with E-state index in [-0.39, 0.29) is 6.04 Å². The highest BCUT2D eigenvalue weighted by molar-refractivity contribution is 9.10. The first-order chi connectivity index (χ1) is 9.19. The summed E-state index contributed by atoms with van der Waals surface area (Å²) >= 11 is 4.91. The molecule has 0 aliphatic carbocycles. The van der Waals surface area contributed by atoms with Gasteiger partial charge >= 0.3 is 0 Å². The number of nitrogens with zero attached hydrogens (tertiary/aromatic N) is 5. The average Bonchev–Trinajstić information content (AvgIpc) is 3.00. The SMILES string of the molecule is CCCNC(c1snnc1CC)c1c(Br)nnn1C. The molecular weight excluding hydrogens is 328 g/mol. The minimum Gasteiger partial charge on any atom is -0.304 e. The molecule has 0 fully saturated rings. The third-order valence-electron chi connectivity index (χ3n) is 2.88. The number of hydrogen-bond acceptors (Lipinski definition) is 6. The van der Waals surface area contributed by atoms with E-state index >= 15 is 0 Å². The Kier molecular flexibility index (Phi) is 5.00. The minimum absolute atomic E-state index is 0.0317. The normalized spacial score (nSPS) is 12.8. The van der Waals surface area contributed by atoms with Crippen molar-refractivity contribution in [3.8, 4) is 0 Å². The van der Waals surface area contributed by atoms with Gasteiger partial charge in [-0.15, -0.1) is 10.2 Å². The van der Waals surface area contributed by atoms with Crippen molar-refractivity contribution in [2.75, 3.05) is 6.54 Å². The number of halogens is 1. The third-order valence-corrected chi connectivity index (χ3v) is 4.28. The molecule has 0 saturated heterocycles. The van der Waals surface area contributed by atoms with E-state index < -0.39 is 0 Å². The van der Waals surface area contributed by atoms with Gasteiger partial charge in [0.25, 0.3) is 0 Å². The molecule has 6 nitrogen and oxygen atoms in total. The quantitative estimate of drug-likeness (QED) is 0.868. The number of aromatic nitrogens is 5. The van der Waals surface area contributed by atoms with E-state index in [2.05, 4.69) is 55.0 Å². The zero-order valence-electron chi connectivity index (χ0n) is 11.2. The van der Waals surface area contributed by atoms with Gasteiger partial charge in [-0.05, 0) is 46.8 Å². The highest BCUT2D eigenvalue weighted by atomic mass is 79.9. The van der Waals surface area contributed by atoms with Crippen molar-refractivity contribution in [2.24, 2.45) is 7.05 Å². The maximum absolute atomic E-state index is 4.20. The third kappa shape index (κ3) is 3.01. The molecule has 0 spiro atoms. The topological polar surface area (TPSA) is 68.5 Å². The summed E-state index contributed by atoms with van der Waals surface area (Å²) in [6.07, 6.45) is 1.94. The van der Waals surface area contributed by atoms with Crippen LogP contribution in [-0.4, -0.2) is 31.1 Å². The fraction of sp³-hybridized carbons (Fsp3) is 0.636. The number of nitrogens with one attached hydrogen (secondary N) is 1. The molecule has 0 aromatic carbocycles. The van der Waals surface area contributed by atoms with E-state index in [1.165, 1.54) is 11.5 Å². The van der Waals surface area contributed by atoms with Crippen molar-refractivity contribution in [1.29, 1.82) is 0 Å². The molecule has 0 saturated carbocycles. The Balaban J connectivity index is 2.41. The summed E-state index contributed by atoms with van der Waals surface area (Å²) in [4.78, 5) is 1.14. The van der Waals surface area contributed by atoms with E-state index in [1.807, 2.05) is 7.05 Å². The lowest BCUT2D eigenvalue weighted by atomic mass is 10.1. The lowest BCUT2D eigenvalue weighted by Gasteiger charge is -2.17. The van der Waals surface area contributed by atoms with Crippen LogP contribution in [0.25, 0.3) is 0 Å². The Bertz CT molecular complexity index is 518. The molecular formula is C11H17BrN6S. The maximum Gasteiger partial charge on any atom is 0.153 e. The van der Waals surface area contributed by atoms with Crippen molar-refractivity contribution >= 4 is 27.5 Å². The van der Waals surface area contributed by atoms with Crippen molar-refractivity contribution < 1.29 is 0 Å². The summed E-state index contributed by atoms with van der Waals surface area (Å²) in [5.74, 6) is 0. The molecule has 19 heavy (non-hydrogen) atoms. The van der Waals surface area contributed by atoms with Gasteiger partial charge < -0.3 is 5.32 Å². The average molecular weight is 345 g/mol. The molecule has 1 N–H and O–H groups in total. The van der Waals surface area contributed by atoms with Gasteiger partial charge in [0.1, 0.15) is 0 Å². The van der Waals surface area contributed by atoms with E-state index in [0.29, 0.717) is 0 Å². The summed E-state index contributed by atoms with van der Waals surface area (Å²) in [6.45, 7) is 5.16. The number of hydrogen-bond donors (Lipinski definition) is 1. The van der Waals surface area contributed by atoms with E-state index in [0.717, 1.165) is 40.3 Å². The zero-order chi connectivity index (χ0) is 13.8. The first-order valence-electron chi connectivity index (χ1n) is 6.28. The Morgan fingerprint density at radius 3 is 2.74 bits per heavy atom. The lowest BCUT2D eigenvalue weighted by Crippen LogP contribution is -2.25. The van der Waals surface area contributed by atoms with Crippen LogP contribution in [0.1, 0.15) is 42.6 Å². The molecule has 1 unspecified atom stereocenters. The monoisotopic (exact) mass is 344 g/mol. The maximum atomic E-state index is 4.20. The van der Waals surface area contributed by atoms with Crippen LogP contribution >= 0.6 is 27.5 Å². The van der Waals surface area contributed by atoms with Gasteiger partial charge in [0.2, 0.25) is 0 Å². The molecule has 0 amide bonds. The molecule has 0 bridgehead atoms. The smallest absolute Gasteiger partial charge is 0.153 e. The van der Waals surface area contributed by atoms with Crippen LogP contribution in [0.3, 0.4) is 0 Å². The molecule has 8 heteroatoms. The van der Waals surface area contributed by atoms with E-state index in [4.69, 9.17) is 0 Å². The number of rotatable bonds is 6. The van der Waals surface area contributed by atoms with Gasteiger partial charge in [-0.3, -0.25) is 0 Å². The first-order valence-corrected chi connectivity index (χ1v) is 7.85. The predicted molar refractivity (Wildman–Crippen MR) is 78.1 cm³/mol. The van der Waals surface area contributed by atoms with Gasteiger partial charge in [0.05, 0.1) is 22.3 Å². The van der Waals surface area contributed by atoms with E-state index in [9.17, 15) is 0 Å². The largest absolute Gasteiger partial charge is 0.304 e. The first kappa shape index (κ1) is 14.5. The van der Waals surface area contributed by atoms with Crippen LogP contribution in [0.15, 0.2) is 4.60 Å². The highest BCUT2D eigenvalue weighted by Crippen LogP contribution is 2.30. The van der Waals surface area contributed by atoms with Crippen molar-refractivity contribution in [2.45, 2.75) is 32.7 Å². The van der Waals surface area contributed by atoms with Gasteiger partial charge in [-0.1, -0.05) is 23.5 Å². The zero-order valence-corrected chi connectivity index (χ0v) is 13.6. The van der Waals surface area contributed by atoms with Gasteiger partial charge in [0.15, 0.2) is 4.60 Å². The van der Waals surface area contributed by atoms with Crippen LogP contribution < -0.4 is 5.32 Å². The molecule has 2 heterocycles. The molecule has 2 aromatic rings. The second-order valence-electron chi connectivity index (χ2n) is 4.21. The van der Waals surface area contributed by atoms with Crippen molar-refractivity contribution in [1.82, 2.24) is 29.9 Å². The summed E-state index contributed by atoms with van der Waals surface area (Å²) in [5.41, 5.74) is 2.04. The van der Waals surface area contributed by atoms with Gasteiger partial charge in [-0.25, -0.2) is 4.68 Å². The Morgan fingerprint density at radius 2 is 2.16 bits per heavy atom. The predicted octanol–water partition coefficient (Wildman–Crippen LogP) is 2.08. The van der Waals surface area contributed by atoms with Crippen molar-refractivity contribution in [3.05, 3.63) is 20.9 Å². The molecule has 0 aliphatic heterocycles. The summed E-state index contributed by atoms with van der Waals surface area (Å²) in [7, 11) is 1.90. The Hall–Kier alpha value is -0.860. The van der Waals surface area contributed by atoms with Crippen LogP contribution in [0.2, 0.25) is 0 Å². The molecule has 0 aliphatic rings. The fourth-order valence-corrected chi connectivity index (χ4v) is 3.30. The van der Waals surface area contributed by atoms with E-state index in [1.54, 1.807) is 4.68 Å². The van der Waals surface area contributed by atoms with Crippen LogP contribution in [0.4, 0.5) is 0 Å². The molecule has 0 radical (unpaired) electrons. The second kappa shape index (κ2) is 6.53. The lowest BCUT2D eigenvalue weighted by molar-refractivity contribution is 0.552. The van der Waals surface area contributed by atoms with Gasteiger partial charge in [-0.2, -0.15) is 0 Å². The molecule has 1 atom stereocenters. The van der Waals surface area contributed by atoms with Crippen LogP contribution in [0, 0.1) is 0 Å². The molecule has 2 rings (SSSR count). The minimum atomic E-state index is 0.0317. The summed E-state index contributed by atoms with van der Waals surface area (Å²) in [6, 6.07) is 0.0317. The number of aryl methyl sites for hydroxylation is 2. The van der Waals surface area contributed by atoms with Crippen molar-refractivity contribution in [3.63, 3.8) is 0 Å². The fourth-order valence-electron chi connectivity index (χ4n) is 1.93. The van der Waals surface area contributed by atoms with Gasteiger partial charge in [0, 0.05) is 7.05 Å². The second-order valence-corrected chi connectivity index (χ2v) is 5.75. The summed E-state index contributed by atoms with van der Waals surface area (Å²) in [5, 5.41) is 15.8. The summed E-state index contributed by atoms with van der Waals surface area (Å²) < 4.78 is 6.63.